The van der Waals surface area contributed by atoms with Gasteiger partial charge in [0.05, 0.1) is 11.7 Å². The second-order valence-corrected chi connectivity index (χ2v) is 8.72. The summed E-state index contributed by atoms with van der Waals surface area (Å²) in [5.74, 6) is 1.44. The number of ether oxygens (including phenoxy) is 1. The highest BCUT2D eigenvalue weighted by Crippen LogP contribution is 2.37. The minimum Gasteiger partial charge on any atom is -0.439 e. The second kappa shape index (κ2) is 9.86. The molecule has 1 aliphatic carbocycles. The van der Waals surface area contributed by atoms with Crippen molar-refractivity contribution in [2.75, 3.05) is 6.54 Å². The SMILES string of the molecule is CCCC(O)CN(Cc1c(-c2ccccc2)nn(C)c1Oc1ccc(Cl)cc1)C1CC1. The van der Waals surface area contributed by atoms with Crippen molar-refractivity contribution in [1.29, 1.82) is 0 Å². The molecule has 164 valence electrons. The van der Waals surface area contributed by atoms with E-state index in [0.717, 1.165) is 41.3 Å². The van der Waals surface area contributed by atoms with Crippen LogP contribution in [0.5, 0.6) is 11.6 Å². The van der Waals surface area contributed by atoms with Gasteiger partial charge in [-0.05, 0) is 43.5 Å². The maximum Gasteiger partial charge on any atom is 0.222 e. The molecule has 4 rings (SSSR count). The zero-order valence-corrected chi connectivity index (χ0v) is 18.9. The summed E-state index contributed by atoms with van der Waals surface area (Å²) < 4.78 is 8.11. The molecule has 0 amide bonds. The van der Waals surface area contributed by atoms with E-state index in [1.165, 1.54) is 12.8 Å². The summed E-state index contributed by atoms with van der Waals surface area (Å²) in [5, 5.41) is 16.0. The molecular formula is C25H30ClN3O2. The molecule has 0 aliphatic heterocycles. The number of aryl methyl sites for hydroxylation is 1. The molecule has 31 heavy (non-hydrogen) atoms. The summed E-state index contributed by atoms with van der Waals surface area (Å²) in [5.41, 5.74) is 3.02. The molecule has 1 saturated carbocycles. The zero-order valence-electron chi connectivity index (χ0n) is 18.2. The van der Waals surface area contributed by atoms with Crippen molar-refractivity contribution >= 4 is 11.6 Å². The van der Waals surface area contributed by atoms with Crippen LogP contribution < -0.4 is 4.74 Å². The van der Waals surface area contributed by atoms with Crippen molar-refractivity contribution in [3.8, 4) is 22.9 Å². The molecule has 0 radical (unpaired) electrons. The van der Waals surface area contributed by atoms with Gasteiger partial charge in [0.1, 0.15) is 11.4 Å². The van der Waals surface area contributed by atoms with Gasteiger partial charge >= 0.3 is 0 Å². The highest BCUT2D eigenvalue weighted by atomic mass is 35.5. The fourth-order valence-corrected chi connectivity index (χ4v) is 4.07. The molecule has 1 aliphatic rings. The fraction of sp³-hybridized carbons (Fsp3) is 0.400. The highest BCUT2D eigenvalue weighted by Gasteiger charge is 2.32. The Labute approximate surface area is 189 Å². The van der Waals surface area contributed by atoms with Crippen LogP contribution in [0.4, 0.5) is 0 Å². The van der Waals surface area contributed by atoms with Crippen molar-refractivity contribution in [1.82, 2.24) is 14.7 Å². The van der Waals surface area contributed by atoms with E-state index in [-0.39, 0.29) is 6.10 Å². The molecule has 6 heteroatoms. The van der Waals surface area contributed by atoms with Crippen molar-refractivity contribution in [3.05, 3.63) is 65.2 Å². The van der Waals surface area contributed by atoms with E-state index < -0.39 is 0 Å². The third-order valence-electron chi connectivity index (χ3n) is 5.65. The van der Waals surface area contributed by atoms with Gasteiger partial charge in [-0.1, -0.05) is 55.3 Å². The van der Waals surface area contributed by atoms with Crippen LogP contribution in [-0.4, -0.2) is 38.5 Å². The van der Waals surface area contributed by atoms with E-state index in [9.17, 15) is 5.11 Å². The van der Waals surface area contributed by atoms with Gasteiger partial charge in [-0.15, -0.1) is 0 Å². The molecule has 1 heterocycles. The Kier molecular flexibility index (Phi) is 6.96. The number of rotatable bonds is 10. The van der Waals surface area contributed by atoms with E-state index in [4.69, 9.17) is 21.4 Å². The summed E-state index contributed by atoms with van der Waals surface area (Å²) in [6.07, 6.45) is 3.83. The van der Waals surface area contributed by atoms with E-state index in [1.807, 2.05) is 49.5 Å². The van der Waals surface area contributed by atoms with Gasteiger partial charge in [0.15, 0.2) is 0 Å². The van der Waals surface area contributed by atoms with Crippen LogP contribution in [0.3, 0.4) is 0 Å². The van der Waals surface area contributed by atoms with Crippen LogP contribution >= 0.6 is 11.6 Å². The number of aliphatic hydroxyl groups excluding tert-OH is 1. The summed E-state index contributed by atoms with van der Waals surface area (Å²) >= 11 is 6.04. The lowest BCUT2D eigenvalue weighted by molar-refractivity contribution is 0.0963. The van der Waals surface area contributed by atoms with Crippen LogP contribution in [0, 0.1) is 0 Å². The Balaban J connectivity index is 1.69. The smallest absolute Gasteiger partial charge is 0.222 e. The monoisotopic (exact) mass is 439 g/mol. The van der Waals surface area contributed by atoms with Gasteiger partial charge in [-0.2, -0.15) is 5.10 Å². The van der Waals surface area contributed by atoms with Gasteiger partial charge in [0.2, 0.25) is 5.88 Å². The van der Waals surface area contributed by atoms with Gasteiger partial charge in [0.25, 0.3) is 0 Å². The van der Waals surface area contributed by atoms with Gasteiger partial charge < -0.3 is 9.84 Å². The lowest BCUT2D eigenvalue weighted by Crippen LogP contribution is -2.34. The normalized spacial score (nSPS) is 14.7. The van der Waals surface area contributed by atoms with E-state index in [0.29, 0.717) is 24.2 Å². The Bertz CT molecular complexity index is 984. The Morgan fingerprint density at radius 1 is 1.16 bits per heavy atom. The summed E-state index contributed by atoms with van der Waals surface area (Å²) in [4.78, 5) is 2.39. The number of hydrogen-bond donors (Lipinski definition) is 1. The van der Waals surface area contributed by atoms with Gasteiger partial charge in [0, 0.05) is 36.8 Å². The van der Waals surface area contributed by atoms with Gasteiger partial charge in [-0.25, -0.2) is 4.68 Å². The molecule has 3 aromatic rings. The Morgan fingerprint density at radius 2 is 1.87 bits per heavy atom. The maximum atomic E-state index is 10.5. The molecule has 1 fully saturated rings. The molecule has 1 atom stereocenters. The van der Waals surface area contributed by atoms with Crippen LogP contribution in [0.2, 0.25) is 5.02 Å². The first-order valence-corrected chi connectivity index (χ1v) is 11.4. The average Bonchev–Trinajstić information content (AvgIpc) is 3.57. The van der Waals surface area contributed by atoms with E-state index >= 15 is 0 Å². The van der Waals surface area contributed by atoms with Crippen molar-refractivity contribution in [2.45, 2.75) is 51.3 Å². The third-order valence-corrected chi connectivity index (χ3v) is 5.91. The number of hydrogen-bond acceptors (Lipinski definition) is 4. The lowest BCUT2D eigenvalue weighted by atomic mass is 10.1. The van der Waals surface area contributed by atoms with Gasteiger partial charge in [-0.3, -0.25) is 4.90 Å². The predicted molar refractivity (Wildman–Crippen MR) is 125 cm³/mol. The molecule has 2 aromatic carbocycles. The number of nitrogens with zero attached hydrogens (tertiary/aromatic N) is 3. The number of aromatic nitrogens is 2. The first-order chi connectivity index (χ1) is 15.0. The number of aliphatic hydroxyl groups is 1. The summed E-state index contributed by atoms with van der Waals surface area (Å²) in [6.45, 7) is 3.46. The van der Waals surface area contributed by atoms with Crippen LogP contribution in [0.1, 0.15) is 38.2 Å². The maximum absolute atomic E-state index is 10.5. The Hall–Kier alpha value is -2.34. The van der Waals surface area contributed by atoms with Crippen molar-refractivity contribution < 1.29 is 9.84 Å². The quantitative estimate of drug-likeness (QED) is 0.443. The molecule has 1 N–H and O–H groups in total. The fourth-order valence-electron chi connectivity index (χ4n) is 3.95. The largest absolute Gasteiger partial charge is 0.439 e. The second-order valence-electron chi connectivity index (χ2n) is 8.28. The minimum absolute atomic E-state index is 0.317. The average molecular weight is 440 g/mol. The summed E-state index contributed by atoms with van der Waals surface area (Å²) in [6, 6.07) is 18.1. The molecule has 0 saturated heterocycles. The minimum atomic E-state index is -0.317. The topological polar surface area (TPSA) is 50.5 Å². The van der Waals surface area contributed by atoms with Crippen LogP contribution in [0.15, 0.2) is 54.6 Å². The lowest BCUT2D eigenvalue weighted by Gasteiger charge is -2.25. The molecule has 5 nitrogen and oxygen atoms in total. The van der Waals surface area contributed by atoms with E-state index in [2.05, 4.69) is 24.0 Å². The standard InChI is InChI=1S/C25H30ClN3O2/c1-3-7-21(30)16-29(20-12-13-20)17-23-24(18-8-5-4-6-9-18)27-28(2)25(23)31-22-14-10-19(26)11-15-22/h4-6,8-11,14-15,20-21,30H,3,7,12-13,16-17H2,1-2H3. The highest BCUT2D eigenvalue weighted by molar-refractivity contribution is 6.30. The van der Waals surface area contributed by atoms with Crippen LogP contribution in [0.25, 0.3) is 11.3 Å². The molecule has 1 aromatic heterocycles. The first kappa shape index (κ1) is 21.9. The first-order valence-electron chi connectivity index (χ1n) is 11.0. The number of halogens is 1. The van der Waals surface area contributed by atoms with Crippen LogP contribution in [-0.2, 0) is 13.6 Å². The number of benzene rings is 2. The van der Waals surface area contributed by atoms with E-state index in [1.54, 1.807) is 4.68 Å². The van der Waals surface area contributed by atoms with Crippen molar-refractivity contribution in [2.24, 2.45) is 7.05 Å². The molecule has 0 spiro atoms. The zero-order chi connectivity index (χ0) is 21.8. The van der Waals surface area contributed by atoms with Crippen molar-refractivity contribution in [3.63, 3.8) is 0 Å². The summed E-state index contributed by atoms with van der Waals surface area (Å²) in [7, 11) is 1.91. The molecular weight excluding hydrogens is 410 g/mol. The predicted octanol–water partition coefficient (Wildman–Crippen LogP) is 5.66. The Morgan fingerprint density at radius 3 is 2.52 bits per heavy atom. The molecule has 0 bridgehead atoms. The third kappa shape index (κ3) is 5.48. The molecule has 1 unspecified atom stereocenters.